The average molecular weight is 1430 g/mol. The van der Waals surface area contributed by atoms with Crippen LogP contribution in [0.4, 0.5) is 9.59 Å². The summed E-state index contributed by atoms with van der Waals surface area (Å²) in [7, 11) is -2.99. The maximum atomic E-state index is 14.1. The number of aliphatic hydroxyl groups is 1. The molecule has 0 radical (unpaired) electrons. The SMILES string of the molecule is CCCc1c(C(C[C@@H](CO[Si](c2ccccc2)(c2ccccc2)C(C)(C)C)C[C@@]2(CC)CO2)C(=O)OC)n(C(=O)OC(C)(C)C)c2ccccc12.CC[C@]1(C[C@H](CO[Si](c2ccccc2)(c2ccccc2)C(C)(C)C)CC(C(=O)OC)c2c(CCO)c3ccccc3n2C(=O)OC(C)(C)C)CO1. The lowest BCUT2D eigenvalue weighted by Gasteiger charge is -2.44. The van der Waals surface area contributed by atoms with Gasteiger partial charge in [-0.25, -0.2) is 18.7 Å². The van der Waals surface area contributed by atoms with E-state index < -0.39 is 57.8 Å². The fraction of sp³-hybridized carbons (Fsp3) is 0.482. The smallest absolute Gasteiger partial charge is 0.419 e. The lowest BCUT2D eigenvalue weighted by molar-refractivity contribution is -0.144. The third-order valence-electron chi connectivity index (χ3n) is 20.4. The highest BCUT2D eigenvalue weighted by atomic mass is 28.4. The highest BCUT2D eigenvalue weighted by Gasteiger charge is 2.54. The second-order valence-electron chi connectivity index (χ2n) is 32.0. The highest BCUT2D eigenvalue weighted by molar-refractivity contribution is 7.00. The van der Waals surface area contributed by atoms with Crippen molar-refractivity contribution in [3.63, 3.8) is 0 Å². The lowest BCUT2D eigenvalue weighted by Crippen LogP contribution is -2.67. The molecular formula is C85H112N2O13Si2. The third kappa shape index (κ3) is 17.5. The van der Waals surface area contributed by atoms with Gasteiger partial charge < -0.3 is 42.4 Å². The fourth-order valence-corrected chi connectivity index (χ4v) is 24.8. The Morgan fingerprint density at radius 1 is 0.471 bits per heavy atom. The molecule has 0 spiro atoms. The van der Waals surface area contributed by atoms with E-state index in [2.05, 4.69) is 159 Å². The van der Waals surface area contributed by atoms with Gasteiger partial charge in [0.1, 0.15) is 11.2 Å². The minimum Gasteiger partial charge on any atom is -0.469 e. The molecule has 15 nitrogen and oxygen atoms in total. The first-order valence-corrected chi connectivity index (χ1v) is 40.5. The Morgan fingerprint density at radius 3 is 1.04 bits per heavy atom. The summed E-state index contributed by atoms with van der Waals surface area (Å²) >= 11 is 0. The number of fused-ring (bicyclic) bond motifs is 2. The van der Waals surface area contributed by atoms with E-state index in [1.165, 1.54) is 39.5 Å². The van der Waals surface area contributed by atoms with E-state index >= 15 is 0 Å². The second-order valence-corrected chi connectivity index (χ2v) is 40.6. The number of carbonyl (C=O) groups is 4. The number of esters is 2. The molecule has 6 aromatic carbocycles. The van der Waals surface area contributed by atoms with Crippen molar-refractivity contribution >= 4 is 83.3 Å². The molecular weight excluding hydrogens is 1310 g/mol. The number of aliphatic hydroxyl groups excluding tert-OH is 1. The van der Waals surface area contributed by atoms with E-state index in [1.807, 2.05) is 114 Å². The minimum absolute atomic E-state index is 0.0854. The van der Waals surface area contributed by atoms with Crippen LogP contribution in [-0.2, 0) is 59.7 Å². The van der Waals surface area contributed by atoms with Crippen LogP contribution in [0.5, 0.6) is 0 Å². The summed E-state index contributed by atoms with van der Waals surface area (Å²) in [5.74, 6) is -2.66. The molecule has 0 aliphatic carbocycles. The first-order valence-electron chi connectivity index (χ1n) is 36.7. The number of rotatable bonds is 28. The number of methoxy groups -OCH3 is 2. The molecule has 2 aromatic heterocycles. The predicted molar refractivity (Wildman–Crippen MR) is 412 cm³/mol. The standard InChI is InChI=1S/C43H57NO6Si.C42H55NO7Si/c1-10-20-35-34-25-18-19-26-37(34)44(40(46)50-41(3,4)5)38(35)36(39(45)47-9)27-31(28-43(11-2)30-48-43)29-49-51(42(6,7)8,32-21-14-12-15-22-32)33-23-16-13-17-24-33;1-9-42(29-48-42)27-30(28-49-51(41(5,6)7,31-18-12-10-13-19-31)32-20-14-11-15-21-32)26-35(38(45)47-8)37-34(24-25-44)33-22-16-17-23-36(33)43(37)39(46)50-40(2,3)4/h12-19,21-26,31,36H,10-11,20,27-30H2,1-9H3;10-23,30,35,44H,9,24-29H2,1-8H3/t31-,36?,43+;30-,35?,42+/m11/s1. The quantitative estimate of drug-likeness (QED) is 0.0212. The Balaban J connectivity index is 0.000000237. The number of carbonyl (C=O) groups excluding carboxylic acids is 4. The molecule has 2 fully saturated rings. The maximum Gasteiger partial charge on any atom is 0.419 e. The van der Waals surface area contributed by atoms with Gasteiger partial charge in [0.25, 0.3) is 16.6 Å². The van der Waals surface area contributed by atoms with Crippen molar-refractivity contribution in [2.45, 2.75) is 206 Å². The van der Waals surface area contributed by atoms with Gasteiger partial charge >= 0.3 is 24.1 Å². The number of hydrogen-bond acceptors (Lipinski definition) is 13. The third-order valence-corrected chi connectivity index (χ3v) is 30.5. The molecule has 0 amide bonds. The van der Waals surface area contributed by atoms with Gasteiger partial charge in [-0.3, -0.25) is 9.59 Å². The van der Waals surface area contributed by atoms with Crippen LogP contribution < -0.4 is 20.7 Å². The predicted octanol–water partition coefficient (Wildman–Crippen LogP) is 16.2. The Kier molecular flexibility index (Phi) is 25.2. The second kappa shape index (κ2) is 32.7. The van der Waals surface area contributed by atoms with Crippen LogP contribution in [0.2, 0.25) is 10.1 Å². The van der Waals surface area contributed by atoms with Crippen molar-refractivity contribution in [1.29, 1.82) is 0 Å². The number of hydrogen-bond donors (Lipinski definition) is 1. The number of para-hydroxylation sites is 2. The average Bonchev–Trinajstić information content (AvgIpc) is 1.05. The Labute approximate surface area is 608 Å². The molecule has 2 aliphatic rings. The molecule has 1 N–H and O–H groups in total. The molecule has 102 heavy (non-hydrogen) atoms. The monoisotopic (exact) mass is 1420 g/mol. The molecule has 17 heteroatoms. The van der Waals surface area contributed by atoms with Crippen LogP contribution in [0.15, 0.2) is 170 Å². The largest absolute Gasteiger partial charge is 0.469 e. The van der Waals surface area contributed by atoms with Crippen molar-refractivity contribution in [2.24, 2.45) is 11.8 Å². The molecule has 2 unspecified atom stereocenters. The summed E-state index contributed by atoms with van der Waals surface area (Å²) < 4.78 is 53.3. The van der Waals surface area contributed by atoms with E-state index in [0.717, 1.165) is 53.1 Å². The van der Waals surface area contributed by atoms with Gasteiger partial charge in [0.05, 0.1) is 61.5 Å². The zero-order valence-corrected chi connectivity index (χ0v) is 65.6. The van der Waals surface area contributed by atoms with E-state index in [1.54, 1.807) is 4.57 Å². The van der Waals surface area contributed by atoms with Crippen molar-refractivity contribution in [3.8, 4) is 0 Å². The number of nitrogens with zero attached hydrogens (tertiary/aromatic N) is 2. The number of aromatic nitrogens is 2. The van der Waals surface area contributed by atoms with Gasteiger partial charge in [0, 0.05) is 42.0 Å². The van der Waals surface area contributed by atoms with E-state index in [-0.39, 0.29) is 52.1 Å². The van der Waals surface area contributed by atoms with Crippen LogP contribution in [0.25, 0.3) is 21.8 Å². The van der Waals surface area contributed by atoms with Crippen LogP contribution in [0.1, 0.15) is 183 Å². The first-order chi connectivity index (χ1) is 48.4. The summed E-state index contributed by atoms with van der Waals surface area (Å²) in [4.78, 5) is 56.4. The molecule has 4 heterocycles. The fourth-order valence-electron chi connectivity index (χ4n) is 15.5. The molecule has 10 rings (SSSR count). The number of benzene rings is 6. The zero-order valence-electron chi connectivity index (χ0n) is 63.6. The Morgan fingerprint density at radius 2 is 0.775 bits per heavy atom. The number of epoxide rings is 2. The molecule has 548 valence electrons. The molecule has 6 atom stereocenters. The van der Waals surface area contributed by atoms with Crippen molar-refractivity contribution in [3.05, 3.63) is 192 Å². The summed E-state index contributed by atoms with van der Waals surface area (Å²) in [5, 5.41) is 16.3. The van der Waals surface area contributed by atoms with Gasteiger partial charge in [0.2, 0.25) is 0 Å². The topological polar surface area (TPSA) is 179 Å². The molecule has 0 bridgehead atoms. The van der Waals surface area contributed by atoms with Gasteiger partial charge in [-0.15, -0.1) is 0 Å². The van der Waals surface area contributed by atoms with Gasteiger partial charge in [-0.05, 0) is 159 Å². The minimum atomic E-state index is -2.92. The van der Waals surface area contributed by atoms with Crippen molar-refractivity contribution in [2.75, 3.05) is 47.3 Å². The molecule has 8 aromatic rings. The summed E-state index contributed by atoms with van der Waals surface area (Å²) in [5.41, 5.74) is 2.14. The Bertz CT molecular complexity index is 3750. The van der Waals surface area contributed by atoms with E-state index in [0.29, 0.717) is 69.0 Å². The maximum absolute atomic E-state index is 14.1. The molecule has 2 saturated heterocycles. The number of ether oxygens (including phenoxy) is 6. The summed E-state index contributed by atoms with van der Waals surface area (Å²) in [6.45, 7) is 33.0. The van der Waals surface area contributed by atoms with Gasteiger partial charge in [0.15, 0.2) is 0 Å². The zero-order chi connectivity index (χ0) is 74.1. The normalized spacial score (nSPS) is 17.6. The van der Waals surface area contributed by atoms with Crippen molar-refractivity contribution in [1.82, 2.24) is 9.13 Å². The van der Waals surface area contributed by atoms with E-state index in [9.17, 15) is 24.3 Å². The van der Waals surface area contributed by atoms with Crippen LogP contribution in [0, 0.1) is 11.8 Å². The Hall–Kier alpha value is -7.49. The van der Waals surface area contributed by atoms with Gasteiger partial charge in [-0.1, -0.05) is 226 Å². The molecule has 2 aliphatic heterocycles. The highest BCUT2D eigenvalue weighted by Crippen LogP contribution is 2.47. The van der Waals surface area contributed by atoms with E-state index in [4.69, 9.17) is 37.3 Å². The van der Waals surface area contributed by atoms with Crippen LogP contribution >= 0.6 is 0 Å². The van der Waals surface area contributed by atoms with Crippen molar-refractivity contribution < 1.29 is 61.6 Å². The van der Waals surface area contributed by atoms with Gasteiger partial charge in [-0.2, -0.15) is 0 Å². The van der Waals surface area contributed by atoms with Crippen LogP contribution in [-0.4, -0.2) is 125 Å². The van der Waals surface area contributed by atoms with Crippen LogP contribution in [0.3, 0.4) is 0 Å². The summed E-state index contributed by atoms with van der Waals surface area (Å²) in [6, 6.07) is 57.7. The lowest BCUT2D eigenvalue weighted by atomic mass is 9.83. The molecule has 0 saturated carbocycles. The summed E-state index contributed by atoms with van der Waals surface area (Å²) in [6.07, 6.45) is 4.58. The number of aryl methyl sites for hydroxylation is 1. The first kappa shape index (κ1) is 78.6.